The molecule has 4 heteroatoms. The van der Waals surface area contributed by atoms with Crippen molar-refractivity contribution in [3.8, 4) is 0 Å². The van der Waals surface area contributed by atoms with E-state index < -0.39 is 12.1 Å². The Balaban J connectivity index is 2.20. The van der Waals surface area contributed by atoms with Gasteiger partial charge in [0.1, 0.15) is 12.6 Å². The van der Waals surface area contributed by atoms with Crippen molar-refractivity contribution < 1.29 is 14.3 Å². The van der Waals surface area contributed by atoms with Crippen LogP contribution in [-0.4, -0.2) is 36.0 Å². The third-order valence-electron chi connectivity index (χ3n) is 5.28. The molecule has 2 atom stereocenters. The summed E-state index contributed by atoms with van der Waals surface area (Å²) in [5, 5.41) is 0. The van der Waals surface area contributed by atoms with E-state index in [1.807, 2.05) is 45.1 Å². The van der Waals surface area contributed by atoms with Crippen molar-refractivity contribution in [3.63, 3.8) is 0 Å². The first-order valence-corrected chi connectivity index (χ1v) is 9.90. The molecule has 0 saturated heterocycles. The Bertz CT molecular complexity index is 780. The Morgan fingerprint density at radius 3 is 2.54 bits per heavy atom. The van der Waals surface area contributed by atoms with E-state index in [0.717, 1.165) is 23.1 Å². The van der Waals surface area contributed by atoms with Crippen LogP contribution in [0.5, 0.6) is 0 Å². The van der Waals surface area contributed by atoms with Crippen molar-refractivity contribution >= 4 is 11.9 Å². The molecule has 1 heterocycles. The number of Topliss-reactive ketones (excluding diaryl/α,β-unsaturated/α-hetero) is 1. The molecule has 0 N–H and O–H groups in total. The van der Waals surface area contributed by atoms with Gasteiger partial charge in [0.25, 0.3) is 0 Å². The zero-order valence-electron chi connectivity index (χ0n) is 17.4. The standard InChI is InChI=1S/C24H31NO3/c1-7-12-20-18(9-3)17(8-2)19(10-4)21(20)15-28-24(27)25-14-11-13-22(25)23(26)16(5)6/h7-8,10-13,16,21-22H,2,4,9,14-15H2,1,3,5-6H3/b12-7-. The molecule has 0 radical (unpaired) electrons. The van der Waals surface area contributed by atoms with Crippen LogP contribution in [-0.2, 0) is 9.53 Å². The van der Waals surface area contributed by atoms with Crippen LogP contribution in [0.1, 0.15) is 34.1 Å². The van der Waals surface area contributed by atoms with Crippen LogP contribution in [0.15, 0.2) is 71.9 Å². The van der Waals surface area contributed by atoms with Crippen LogP contribution >= 0.6 is 0 Å². The van der Waals surface area contributed by atoms with Crippen molar-refractivity contribution in [1.82, 2.24) is 4.90 Å². The fourth-order valence-electron chi connectivity index (χ4n) is 3.90. The van der Waals surface area contributed by atoms with Crippen LogP contribution in [0.25, 0.3) is 0 Å². The van der Waals surface area contributed by atoms with E-state index in [2.05, 4.69) is 26.2 Å². The molecular formula is C24H31NO3. The molecule has 2 unspecified atom stereocenters. The highest BCUT2D eigenvalue weighted by molar-refractivity contribution is 5.91. The number of ether oxygens (including phenoxy) is 1. The van der Waals surface area contributed by atoms with Gasteiger partial charge in [-0.05, 0) is 35.6 Å². The SMILES string of the molecule is C=CC1=C(C=C)C(COC(=O)N2CC=CC2C(=O)C(C)C)C(/C=C\C)=C1CC. The average Bonchev–Trinajstić information content (AvgIpc) is 3.27. The molecule has 1 aliphatic heterocycles. The van der Waals surface area contributed by atoms with Gasteiger partial charge in [0.15, 0.2) is 5.78 Å². The van der Waals surface area contributed by atoms with E-state index >= 15 is 0 Å². The molecule has 2 aliphatic rings. The number of ketones is 1. The maximum atomic E-state index is 12.7. The van der Waals surface area contributed by atoms with Gasteiger partial charge < -0.3 is 4.74 Å². The molecule has 150 valence electrons. The zero-order chi connectivity index (χ0) is 20.8. The molecule has 4 nitrogen and oxygen atoms in total. The van der Waals surface area contributed by atoms with E-state index in [1.165, 1.54) is 10.5 Å². The first-order valence-electron chi connectivity index (χ1n) is 9.90. The summed E-state index contributed by atoms with van der Waals surface area (Å²) in [4.78, 5) is 26.6. The Kier molecular flexibility index (Phi) is 7.38. The second-order valence-electron chi connectivity index (χ2n) is 7.28. The van der Waals surface area contributed by atoms with Gasteiger partial charge in [-0.2, -0.15) is 0 Å². The number of hydrogen-bond donors (Lipinski definition) is 0. The minimum Gasteiger partial charge on any atom is -0.448 e. The quantitative estimate of drug-likeness (QED) is 0.545. The smallest absolute Gasteiger partial charge is 0.410 e. The Labute approximate surface area is 168 Å². The molecule has 28 heavy (non-hydrogen) atoms. The number of hydrogen-bond acceptors (Lipinski definition) is 3. The fourth-order valence-corrected chi connectivity index (χ4v) is 3.90. The maximum absolute atomic E-state index is 12.7. The van der Waals surface area contributed by atoms with Gasteiger partial charge in [0.05, 0.1) is 0 Å². The molecule has 0 fully saturated rings. The number of allylic oxidation sites excluding steroid dienone is 6. The Morgan fingerprint density at radius 2 is 2.00 bits per heavy atom. The van der Waals surface area contributed by atoms with E-state index in [4.69, 9.17) is 4.74 Å². The third kappa shape index (κ3) is 4.11. The van der Waals surface area contributed by atoms with E-state index in [1.54, 1.807) is 6.08 Å². The molecular weight excluding hydrogens is 350 g/mol. The molecule has 0 aromatic heterocycles. The highest BCUT2D eigenvalue weighted by atomic mass is 16.6. The van der Waals surface area contributed by atoms with Crippen LogP contribution in [0, 0.1) is 11.8 Å². The van der Waals surface area contributed by atoms with Crippen molar-refractivity contribution in [1.29, 1.82) is 0 Å². The monoisotopic (exact) mass is 381 g/mol. The predicted octanol–water partition coefficient (Wildman–Crippen LogP) is 5.17. The van der Waals surface area contributed by atoms with Crippen molar-refractivity contribution in [2.75, 3.05) is 13.2 Å². The lowest BCUT2D eigenvalue weighted by Gasteiger charge is -2.25. The summed E-state index contributed by atoms with van der Waals surface area (Å²) in [7, 11) is 0. The van der Waals surface area contributed by atoms with Crippen LogP contribution in [0.2, 0.25) is 0 Å². The van der Waals surface area contributed by atoms with Gasteiger partial charge in [-0.15, -0.1) is 0 Å². The first kappa shape index (κ1) is 21.7. The van der Waals surface area contributed by atoms with Gasteiger partial charge in [-0.25, -0.2) is 4.79 Å². The molecule has 0 bridgehead atoms. The number of nitrogens with zero attached hydrogens (tertiary/aromatic N) is 1. The van der Waals surface area contributed by atoms with Crippen molar-refractivity contribution in [2.24, 2.45) is 11.8 Å². The summed E-state index contributed by atoms with van der Waals surface area (Å²) in [5.41, 5.74) is 4.45. The Hall–Kier alpha value is -2.62. The van der Waals surface area contributed by atoms with Gasteiger partial charge in [-0.3, -0.25) is 9.69 Å². The number of carbonyl (C=O) groups excluding carboxylic acids is 2. The lowest BCUT2D eigenvalue weighted by atomic mass is 9.95. The summed E-state index contributed by atoms with van der Waals surface area (Å²) in [6, 6.07) is -0.536. The number of carbonyl (C=O) groups is 2. The lowest BCUT2D eigenvalue weighted by Crippen LogP contribution is -2.43. The fraction of sp³-hybridized carbons (Fsp3) is 0.417. The highest BCUT2D eigenvalue weighted by Gasteiger charge is 2.34. The molecule has 1 aliphatic carbocycles. The molecule has 2 rings (SSSR count). The second kappa shape index (κ2) is 9.54. The topological polar surface area (TPSA) is 46.6 Å². The third-order valence-corrected chi connectivity index (χ3v) is 5.28. The summed E-state index contributed by atoms with van der Waals surface area (Å²) in [6.45, 7) is 16.3. The maximum Gasteiger partial charge on any atom is 0.410 e. The largest absolute Gasteiger partial charge is 0.448 e. The molecule has 0 saturated carbocycles. The van der Waals surface area contributed by atoms with Gasteiger partial charge >= 0.3 is 6.09 Å². The lowest BCUT2D eigenvalue weighted by molar-refractivity contribution is -0.124. The van der Waals surface area contributed by atoms with E-state index in [-0.39, 0.29) is 24.2 Å². The van der Waals surface area contributed by atoms with E-state index in [9.17, 15) is 9.59 Å². The van der Waals surface area contributed by atoms with E-state index in [0.29, 0.717) is 6.54 Å². The zero-order valence-corrected chi connectivity index (χ0v) is 17.4. The van der Waals surface area contributed by atoms with Gasteiger partial charge in [0.2, 0.25) is 0 Å². The van der Waals surface area contributed by atoms with Crippen LogP contribution in [0.4, 0.5) is 4.79 Å². The number of amides is 1. The van der Waals surface area contributed by atoms with Crippen LogP contribution < -0.4 is 0 Å². The minimum atomic E-state index is -0.536. The molecule has 0 spiro atoms. The average molecular weight is 382 g/mol. The predicted molar refractivity (Wildman–Crippen MR) is 114 cm³/mol. The van der Waals surface area contributed by atoms with Crippen molar-refractivity contribution in [2.45, 2.75) is 40.2 Å². The minimum absolute atomic E-state index is 0.0231. The summed E-state index contributed by atoms with van der Waals surface area (Å²) >= 11 is 0. The molecule has 0 aromatic rings. The van der Waals surface area contributed by atoms with Crippen LogP contribution in [0.3, 0.4) is 0 Å². The van der Waals surface area contributed by atoms with Gasteiger partial charge in [-0.1, -0.05) is 70.4 Å². The summed E-state index contributed by atoms with van der Waals surface area (Å²) in [6.07, 6.45) is 11.8. The second-order valence-corrected chi connectivity index (χ2v) is 7.28. The van der Waals surface area contributed by atoms with Gasteiger partial charge in [0, 0.05) is 18.4 Å². The number of rotatable bonds is 8. The Morgan fingerprint density at radius 1 is 1.29 bits per heavy atom. The van der Waals surface area contributed by atoms with Crippen molar-refractivity contribution in [3.05, 3.63) is 71.9 Å². The first-order chi connectivity index (χ1) is 13.4. The summed E-state index contributed by atoms with van der Waals surface area (Å²) < 4.78 is 5.67. The normalized spacial score (nSPS) is 22.0. The summed E-state index contributed by atoms with van der Waals surface area (Å²) in [5.74, 6) is -0.190. The molecule has 0 aromatic carbocycles. The highest BCUT2D eigenvalue weighted by Crippen LogP contribution is 2.41. The molecule has 1 amide bonds.